The van der Waals surface area contributed by atoms with Crippen molar-refractivity contribution in [3.8, 4) is 0 Å². The summed E-state index contributed by atoms with van der Waals surface area (Å²) in [4.78, 5) is 16.3. The van der Waals surface area contributed by atoms with E-state index in [9.17, 15) is 4.79 Å². The largest absolute Gasteiger partial charge is 0.367 e. The lowest BCUT2D eigenvalue weighted by Gasteiger charge is -2.23. The summed E-state index contributed by atoms with van der Waals surface area (Å²) < 4.78 is 4.23. The van der Waals surface area contributed by atoms with Gasteiger partial charge in [-0.3, -0.25) is 4.79 Å². The van der Waals surface area contributed by atoms with E-state index in [-0.39, 0.29) is 5.56 Å². The van der Waals surface area contributed by atoms with Crippen molar-refractivity contribution in [1.29, 1.82) is 0 Å². The Morgan fingerprint density at radius 2 is 2.07 bits per heavy atom. The molecule has 7 nitrogen and oxygen atoms in total. The lowest BCUT2D eigenvalue weighted by molar-refractivity contribution is 0.462. The zero-order valence-electron chi connectivity index (χ0n) is 15.3. The lowest BCUT2D eigenvalue weighted by Crippen LogP contribution is -2.23. The first-order valence-corrected chi connectivity index (χ1v) is 10.1. The number of anilines is 2. The predicted octanol–water partition coefficient (Wildman–Crippen LogP) is 3.55. The molecule has 0 radical (unpaired) electrons. The molecule has 3 heterocycles. The highest BCUT2D eigenvalue weighted by Gasteiger charge is 2.16. The Labute approximate surface area is 165 Å². The standard InChI is InChI=1S/C19H23BrN6O/c1-25-12-13(7-8-18(25)27)10-21-17-9-16(23-14-5-3-2-4-6-14)24-19-15(20)11-22-26(17)19/h7-9,11-12,14,21H,2-6,10H2,1H3,(H,23,24). The normalized spacial score (nSPS) is 15.2. The Kier molecular flexibility index (Phi) is 5.15. The van der Waals surface area contributed by atoms with Crippen molar-refractivity contribution in [2.45, 2.75) is 44.7 Å². The van der Waals surface area contributed by atoms with Crippen LogP contribution in [-0.4, -0.2) is 25.2 Å². The van der Waals surface area contributed by atoms with E-state index < -0.39 is 0 Å². The zero-order valence-corrected chi connectivity index (χ0v) is 16.9. The van der Waals surface area contributed by atoms with Crippen LogP contribution in [-0.2, 0) is 13.6 Å². The van der Waals surface area contributed by atoms with Crippen LogP contribution in [0.25, 0.3) is 5.65 Å². The third kappa shape index (κ3) is 4.00. The van der Waals surface area contributed by atoms with E-state index in [1.54, 1.807) is 28.4 Å². The number of nitrogens with zero attached hydrogens (tertiary/aromatic N) is 4. The molecule has 0 saturated heterocycles. The van der Waals surface area contributed by atoms with Crippen molar-refractivity contribution >= 4 is 33.2 Å². The highest BCUT2D eigenvalue weighted by Crippen LogP contribution is 2.25. The van der Waals surface area contributed by atoms with Crippen LogP contribution in [0.4, 0.5) is 11.6 Å². The number of hydrogen-bond acceptors (Lipinski definition) is 5. The summed E-state index contributed by atoms with van der Waals surface area (Å²) >= 11 is 3.53. The molecular formula is C19H23BrN6O. The summed E-state index contributed by atoms with van der Waals surface area (Å²) in [6.45, 7) is 0.591. The minimum atomic E-state index is -0.0139. The van der Waals surface area contributed by atoms with Crippen LogP contribution >= 0.6 is 15.9 Å². The van der Waals surface area contributed by atoms with Crippen LogP contribution in [0.1, 0.15) is 37.7 Å². The molecule has 4 rings (SSSR count). The topological polar surface area (TPSA) is 76.2 Å². The summed E-state index contributed by atoms with van der Waals surface area (Å²) in [6.07, 6.45) is 9.84. The summed E-state index contributed by atoms with van der Waals surface area (Å²) in [6, 6.07) is 5.91. The molecule has 0 aromatic carbocycles. The molecule has 3 aromatic rings. The summed E-state index contributed by atoms with van der Waals surface area (Å²) in [5.74, 6) is 1.72. The Morgan fingerprint density at radius 3 is 2.85 bits per heavy atom. The first kappa shape index (κ1) is 18.0. The van der Waals surface area contributed by atoms with E-state index in [0.717, 1.165) is 27.3 Å². The fraction of sp³-hybridized carbons (Fsp3) is 0.421. The average molecular weight is 431 g/mol. The molecule has 8 heteroatoms. The molecule has 0 spiro atoms. The van der Waals surface area contributed by atoms with Gasteiger partial charge in [-0.1, -0.05) is 25.3 Å². The zero-order chi connectivity index (χ0) is 18.8. The quantitative estimate of drug-likeness (QED) is 0.646. The van der Waals surface area contributed by atoms with E-state index in [1.165, 1.54) is 32.1 Å². The maximum absolute atomic E-state index is 11.6. The molecule has 1 aliphatic carbocycles. The molecule has 0 amide bonds. The van der Waals surface area contributed by atoms with Gasteiger partial charge in [-0.05, 0) is 34.3 Å². The van der Waals surface area contributed by atoms with Crippen molar-refractivity contribution in [2.75, 3.05) is 10.6 Å². The van der Waals surface area contributed by atoms with Crippen LogP contribution < -0.4 is 16.2 Å². The number of rotatable bonds is 5. The minimum absolute atomic E-state index is 0.0139. The average Bonchev–Trinajstić information content (AvgIpc) is 3.04. The summed E-state index contributed by atoms with van der Waals surface area (Å²) in [5.41, 5.74) is 1.79. The molecule has 2 N–H and O–H groups in total. The Bertz CT molecular complexity index is 1010. The third-order valence-electron chi connectivity index (χ3n) is 5.01. The van der Waals surface area contributed by atoms with Gasteiger partial charge in [0, 0.05) is 38.0 Å². The molecule has 142 valence electrons. The van der Waals surface area contributed by atoms with Gasteiger partial charge in [0.2, 0.25) is 5.56 Å². The first-order chi connectivity index (χ1) is 13.1. The van der Waals surface area contributed by atoms with Crippen molar-refractivity contribution < 1.29 is 0 Å². The number of halogens is 1. The van der Waals surface area contributed by atoms with Crippen LogP contribution in [0.15, 0.2) is 39.9 Å². The SMILES string of the molecule is Cn1cc(CNc2cc(NC3CCCCC3)nc3c(Br)cnn23)ccc1=O. The van der Waals surface area contributed by atoms with Gasteiger partial charge >= 0.3 is 0 Å². The molecule has 1 saturated carbocycles. The van der Waals surface area contributed by atoms with E-state index >= 15 is 0 Å². The second-order valence-electron chi connectivity index (χ2n) is 7.07. The third-order valence-corrected chi connectivity index (χ3v) is 5.57. The van der Waals surface area contributed by atoms with Crippen molar-refractivity contribution in [2.24, 2.45) is 7.05 Å². The maximum atomic E-state index is 11.6. The Hall–Kier alpha value is -2.35. The highest BCUT2D eigenvalue weighted by molar-refractivity contribution is 9.10. The van der Waals surface area contributed by atoms with E-state index in [4.69, 9.17) is 4.98 Å². The molecule has 1 aliphatic rings. The fourth-order valence-electron chi connectivity index (χ4n) is 3.54. The van der Waals surface area contributed by atoms with Crippen LogP contribution in [0.2, 0.25) is 0 Å². The number of nitrogens with one attached hydrogen (secondary N) is 2. The van der Waals surface area contributed by atoms with Gasteiger partial charge in [-0.2, -0.15) is 9.61 Å². The summed E-state index contributed by atoms with van der Waals surface area (Å²) in [7, 11) is 1.76. The smallest absolute Gasteiger partial charge is 0.250 e. The molecule has 3 aromatic heterocycles. The fourth-order valence-corrected chi connectivity index (χ4v) is 3.89. The van der Waals surface area contributed by atoms with Gasteiger partial charge in [0.1, 0.15) is 11.6 Å². The van der Waals surface area contributed by atoms with Gasteiger partial charge in [0.25, 0.3) is 0 Å². The number of fused-ring (bicyclic) bond motifs is 1. The summed E-state index contributed by atoms with van der Waals surface area (Å²) in [5, 5.41) is 11.4. The Morgan fingerprint density at radius 1 is 1.26 bits per heavy atom. The number of hydrogen-bond donors (Lipinski definition) is 2. The van der Waals surface area contributed by atoms with Gasteiger partial charge in [0.05, 0.1) is 10.7 Å². The van der Waals surface area contributed by atoms with Crippen LogP contribution in [0.5, 0.6) is 0 Å². The number of aromatic nitrogens is 4. The molecule has 0 aliphatic heterocycles. The van der Waals surface area contributed by atoms with E-state index in [0.29, 0.717) is 12.6 Å². The predicted molar refractivity (Wildman–Crippen MR) is 110 cm³/mol. The lowest BCUT2D eigenvalue weighted by atomic mass is 9.95. The maximum Gasteiger partial charge on any atom is 0.250 e. The highest BCUT2D eigenvalue weighted by atomic mass is 79.9. The molecule has 27 heavy (non-hydrogen) atoms. The van der Waals surface area contributed by atoms with Gasteiger partial charge in [-0.25, -0.2) is 4.98 Å². The Balaban J connectivity index is 1.59. The van der Waals surface area contributed by atoms with Gasteiger partial charge in [-0.15, -0.1) is 0 Å². The second kappa shape index (κ2) is 7.72. The molecular weight excluding hydrogens is 408 g/mol. The van der Waals surface area contributed by atoms with Gasteiger partial charge < -0.3 is 15.2 Å². The minimum Gasteiger partial charge on any atom is -0.367 e. The van der Waals surface area contributed by atoms with Crippen molar-refractivity contribution in [3.05, 3.63) is 51.0 Å². The van der Waals surface area contributed by atoms with Crippen molar-refractivity contribution in [3.63, 3.8) is 0 Å². The molecule has 0 unspecified atom stereocenters. The number of pyridine rings is 1. The van der Waals surface area contributed by atoms with E-state index in [1.807, 2.05) is 18.3 Å². The first-order valence-electron chi connectivity index (χ1n) is 9.30. The molecule has 0 bridgehead atoms. The monoisotopic (exact) mass is 430 g/mol. The van der Waals surface area contributed by atoms with Crippen LogP contribution in [0.3, 0.4) is 0 Å². The van der Waals surface area contributed by atoms with E-state index in [2.05, 4.69) is 31.7 Å². The second-order valence-corrected chi connectivity index (χ2v) is 7.93. The van der Waals surface area contributed by atoms with Crippen LogP contribution in [0, 0.1) is 0 Å². The van der Waals surface area contributed by atoms with Gasteiger partial charge in [0.15, 0.2) is 5.65 Å². The number of aryl methyl sites for hydroxylation is 1. The molecule has 0 atom stereocenters. The van der Waals surface area contributed by atoms with Crippen molar-refractivity contribution in [1.82, 2.24) is 19.2 Å². The molecule has 1 fully saturated rings.